The molecule has 156 valence electrons. The van der Waals surface area contributed by atoms with E-state index in [1.807, 2.05) is 35.2 Å². The minimum atomic E-state index is -0.312. The van der Waals surface area contributed by atoms with Gasteiger partial charge in [-0.15, -0.1) is 0 Å². The van der Waals surface area contributed by atoms with E-state index in [4.69, 9.17) is 0 Å². The smallest absolute Gasteiger partial charge is 0.254 e. The molecule has 2 heterocycles. The van der Waals surface area contributed by atoms with Crippen molar-refractivity contribution in [2.75, 3.05) is 19.6 Å². The van der Waals surface area contributed by atoms with Gasteiger partial charge in [-0.25, -0.2) is 0 Å². The average Bonchev–Trinajstić information content (AvgIpc) is 3.31. The van der Waals surface area contributed by atoms with Crippen LogP contribution in [0.2, 0.25) is 0 Å². The third-order valence-electron chi connectivity index (χ3n) is 7.48. The van der Waals surface area contributed by atoms with Gasteiger partial charge in [-0.05, 0) is 62.5 Å². The van der Waals surface area contributed by atoms with E-state index in [0.717, 1.165) is 51.1 Å². The van der Waals surface area contributed by atoms with Gasteiger partial charge in [0, 0.05) is 37.3 Å². The molecular weight excluding hydrogens is 362 g/mol. The molecule has 5 rings (SSSR count). The molecule has 4 unspecified atom stereocenters. The second-order valence-electron chi connectivity index (χ2n) is 9.64. The van der Waals surface area contributed by atoms with Gasteiger partial charge in [-0.3, -0.25) is 9.59 Å². The van der Waals surface area contributed by atoms with Crippen LogP contribution in [0.25, 0.3) is 0 Å². The number of rotatable bonds is 5. The molecule has 0 bridgehead atoms. The first-order valence-corrected chi connectivity index (χ1v) is 11.6. The van der Waals surface area contributed by atoms with Gasteiger partial charge in [0.15, 0.2) is 0 Å². The summed E-state index contributed by atoms with van der Waals surface area (Å²) in [5, 5.41) is 3.32. The van der Waals surface area contributed by atoms with Crippen LogP contribution in [-0.4, -0.2) is 59.4 Å². The van der Waals surface area contributed by atoms with Crippen LogP contribution in [0.4, 0.5) is 0 Å². The predicted molar refractivity (Wildman–Crippen MR) is 112 cm³/mol. The maximum absolute atomic E-state index is 13.4. The molecule has 4 atom stereocenters. The maximum atomic E-state index is 13.4. The van der Waals surface area contributed by atoms with Crippen molar-refractivity contribution in [3.05, 3.63) is 35.9 Å². The van der Waals surface area contributed by atoms with Crippen molar-refractivity contribution in [1.82, 2.24) is 15.1 Å². The zero-order chi connectivity index (χ0) is 19.8. The Bertz CT molecular complexity index is 748. The Morgan fingerprint density at radius 3 is 2.59 bits per heavy atom. The fourth-order valence-corrected chi connectivity index (χ4v) is 5.80. The third kappa shape index (κ3) is 4.07. The van der Waals surface area contributed by atoms with E-state index < -0.39 is 0 Å². The maximum Gasteiger partial charge on any atom is 0.254 e. The average molecular weight is 396 g/mol. The molecular formula is C24H33N3O2. The van der Waals surface area contributed by atoms with Crippen LogP contribution in [0.3, 0.4) is 0 Å². The van der Waals surface area contributed by atoms with E-state index in [0.29, 0.717) is 11.5 Å². The number of nitrogens with one attached hydrogen (secondary N) is 1. The highest BCUT2D eigenvalue weighted by atomic mass is 16.2. The van der Waals surface area contributed by atoms with Crippen molar-refractivity contribution in [1.29, 1.82) is 0 Å². The first-order valence-electron chi connectivity index (χ1n) is 11.6. The van der Waals surface area contributed by atoms with Gasteiger partial charge in [0.05, 0.1) is 0 Å². The number of hydrogen-bond donors (Lipinski definition) is 1. The number of hydrogen-bond acceptors (Lipinski definition) is 3. The lowest BCUT2D eigenvalue weighted by molar-refractivity contribution is -0.125. The number of benzene rings is 1. The first-order chi connectivity index (χ1) is 14.2. The first kappa shape index (κ1) is 19.1. The molecule has 2 saturated heterocycles. The van der Waals surface area contributed by atoms with E-state index >= 15 is 0 Å². The van der Waals surface area contributed by atoms with Gasteiger partial charge >= 0.3 is 0 Å². The lowest BCUT2D eigenvalue weighted by Crippen LogP contribution is -2.51. The Hall–Kier alpha value is -1.88. The van der Waals surface area contributed by atoms with E-state index in [-0.39, 0.29) is 29.9 Å². The SMILES string of the molecule is O=C(NC1CCN(CC2CC2)C1)C1CC2CCCCC2N1C(=O)c1ccccc1. The van der Waals surface area contributed by atoms with Crippen molar-refractivity contribution in [3.8, 4) is 0 Å². The molecule has 4 fully saturated rings. The second-order valence-corrected chi connectivity index (χ2v) is 9.64. The fraction of sp³-hybridized carbons (Fsp3) is 0.667. The Balaban J connectivity index is 1.28. The molecule has 1 aromatic carbocycles. The summed E-state index contributed by atoms with van der Waals surface area (Å²) in [5.74, 6) is 1.47. The van der Waals surface area contributed by atoms with Crippen LogP contribution >= 0.6 is 0 Å². The predicted octanol–water partition coefficient (Wildman–Crippen LogP) is 3.06. The van der Waals surface area contributed by atoms with Gasteiger partial charge in [-0.1, -0.05) is 31.0 Å². The lowest BCUT2D eigenvalue weighted by Gasteiger charge is -2.34. The van der Waals surface area contributed by atoms with Gasteiger partial charge in [0.1, 0.15) is 6.04 Å². The van der Waals surface area contributed by atoms with Crippen LogP contribution < -0.4 is 5.32 Å². The minimum Gasteiger partial charge on any atom is -0.350 e. The summed E-state index contributed by atoms with van der Waals surface area (Å²) in [6, 6.07) is 9.64. The highest BCUT2D eigenvalue weighted by Crippen LogP contribution is 2.40. The normalized spacial score (nSPS) is 32.2. The summed E-state index contributed by atoms with van der Waals surface area (Å²) in [4.78, 5) is 31.1. The molecule has 29 heavy (non-hydrogen) atoms. The zero-order valence-electron chi connectivity index (χ0n) is 17.3. The number of fused-ring (bicyclic) bond motifs is 1. The van der Waals surface area contributed by atoms with Gasteiger partial charge in [0.2, 0.25) is 5.91 Å². The van der Waals surface area contributed by atoms with Crippen LogP contribution in [0.5, 0.6) is 0 Å². The molecule has 0 radical (unpaired) electrons. The molecule has 0 aromatic heterocycles. The number of carbonyl (C=O) groups excluding carboxylic acids is 2. The summed E-state index contributed by atoms with van der Waals surface area (Å²) in [5.41, 5.74) is 0.702. The molecule has 1 aromatic rings. The number of amides is 2. The Labute approximate surface area is 173 Å². The molecule has 5 nitrogen and oxygen atoms in total. The van der Waals surface area contributed by atoms with Crippen LogP contribution in [0, 0.1) is 11.8 Å². The van der Waals surface area contributed by atoms with E-state index in [1.165, 1.54) is 25.8 Å². The lowest BCUT2D eigenvalue weighted by atomic mass is 9.84. The topological polar surface area (TPSA) is 52.7 Å². The zero-order valence-corrected chi connectivity index (χ0v) is 17.3. The Morgan fingerprint density at radius 1 is 1.00 bits per heavy atom. The fourth-order valence-electron chi connectivity index (χ4n) is 5.80. The van der Waals surface area contributed by atoms with E-state index in [1.54, 1.807) is 0 Å². The third-order valence-corrected chi connectivity index (χ3v) is 7.48. The highest BCUT2D eigenvalue weighted by Gasteiger charge is 2.48. The molecule has 1 N–H and O–H groups in total. The molecule has 2 saturated carbocycles. The summed E-state index contributed by atoms with van der Waals surface area (Å²) in [6.07, 6.45) is 9.16. The highest BCUT2D eigenvalue weighted by molar-refractivity contribution is 5.98. The standard InChI is InChI=1S/C24H33N3O2/c28-23(25-20-12-13-26(16-20)15-17-10-11-17)22-14-19-8-4-5-9-21(19)27(22)24(29)18-6-2-1-3-7-18/h1-3,6-7,17,19-22H,4-5,8-16H2,(H,25,28). The van der Waals surface area contributed by atoms with Gasteiger partial charge in [-0.2, -0.15) is 0 Å². The van der Waals surface area contributed by atoms with Crippen molar-refractivity contribution >= 4 is 11.8 Å². The molecule has 2 amide bonds. The summed E-state index contributed by atoms with van der Waals surface area (Å²) in [6.45, 7) is 3.25. The van der Waals surface area contributed by atoms with E-state index in [2.05, 4.69) is 10.2 Å². The summed E-state index contributed by atoms with van der Waals surface area (Å²) < 4.78 is 0. The van der Waals surface area contributed by atoms with Crippen molar-refractivity contribution in [2.45, 2.75) is 69.5 Å². The number of carbonyl (C=O) groups is 2. The monoisotopic (exact) mass is 395 g/mol. The molecule has 4 aliphatic rings. The summed E-state index contributed by atoms with van der Waals surface area (Å²) >= 11 is 0. The second kappa shape index (κ2) is 8.10. The van der Waals surface area contributed by atoms with Gasteiger partial charge in [0.25, 0.3) is 5.91 Å². The number of nitrogens with zero attached hydrogens (tertiary/aromatic N) is 2. The number of likely N-dealkylation sites (tertiary alicyclic amines) is 2. The quantitative estimate of drug-likeness (QED) is 0.834. The van der Waals surface area contributed by atoms with Crippen molar-refractivity contribution in [2.24, 2.45) is 11.8 Å². The summed E-state index contributed by atoms with van der Waals surface area (Å²) in [7, 11) is 0. The largest absolute Gasteiger partial charge is 0.350 e. The van der Waals surface area contributed by atoms with Crippen LogP contribution in [0.15, 0.2) is 30.3 Å². The van der Waals surface area contributed by atoms with Crippen molar-refractivity contribution < 1.29 is 9.59 Å². The Morgan fingerprint density at radius 2 is 1.79 bits per heavy atom. The molecule has 2 aliphatic heterocycles. The van der Waals surface area contributed by atoms with E-state index in [9.17, 15) is 9.59 Å². The molecule has 5 heteroatoms. The van der Waals surface area contributed by atoms with Crippen LogP contribution in [0.1, 0.15) is 61.7 Å². The molecule has 0 spiro atoms. The Kier molecular flexibility index (Phi) is 5.33. The van der Waals surface area contributed by atoms with Crippen molar-refractivity contribution in [3.63, 3.8) is 0 Å². The van der Waals surface area contributed by atoms with Crippen LogP contribution in [-0.2, 0) is 4.79 Å². The molecule has 2 aliphatic carbocycles. The van der Waals surface area contributed by atoms with Gasteiger partial charge < -0.3 is 15.1 Å². The minimum absolute atomic E-state index is 0.0296.